The molecular weight excluding hydrogens is 300 g/mol. The van der Waals surface area contributed by atoms with Crippen molar-refractivity contribution in [1.82, 2.24) is 10.6 Å². The number of ketones is 1. The van der Waals surface area contributed by atoms with Gasteiger partial charge in [-0.1, -0.05) is 13.8 Å². The first-order valence-electron chi connectivity index (χ1n) is 7.93. The van der Waals surface area contributed by atoms with Crippen molar-refractivity contribution in [3.8, 4) is 0 Å². The summed E-state index contributed by atoms with van der Waals surface area (Å²) in [6, 6.07) is -1.61. The molecule has 23 heavy (non-hydrogen) atoms. The summed E-state index contributed by atoms with van der Waals surface area (Å²) in [5.74, 6) is -1.64. The average molecular weight is 326 g/mol. The van der Waals surface area contributed by atoms with Gasteiger partial charge in [0.25, 0.3) is 0 Å². The molecule has 130 valence electrons. The molecule has 0 heterocycles. The van der Waals surface area contributed by atoms with Gasteiger partial charge in [-0.3, -0.25) is 14.4 Å². The number of methoxy groups -OCH3 is 1. The fourth-order valence-electron chi connectivity index (χ4n) is 2.84. The van der Waals surface area contributed by atoms with Crippen LogP contribution in [0.25, 0.3) is 0 Å². The van der Waals surface area contributed by atoms with Crippen LogP contribution in [-0.2, 0) is 23.9 Å². The summed E-state index contributed by atoms with van der Waals surface area (Å²) < 4.78 is 4.77. The number of amides is 2. The lowest BCUT2D eigenvalue weighted by atomic mass is 9.83. The van der Waals surface area contributed by atoms with Gasteiger partial charge in [0.05, 0.1) is 7.11 Å². The molecule has 1 saturated carbocycles. The molecule has 1 aliphatic rings. The molecule has 0 aromatic heterocycles. The van der Waals surface area contributed by atoms with Crippen molar-refractivity contribution in [3.05, 3.63) is 0 Å². The zero-order valence-electron chi connectivity index (χ0n) is 14.2. The first-order chi connectivity index (χ1) is 10.8. The Morgan fingerprint density at radius 3 is 2.35 bits per heavy atom. The molecule has 2 N–H and O–H groups in total. The second-order valence-corrected chi connectivity index (χ2v) is 6.33. The zero-order chi connectivity index (χ0) is 17.6. The van der Waals surface area contributed by atoms with E-state index in [0.29, 0.717) is 19.3 Å². The van der Waals surface area contributed by atoms with E-state index in [1.165, 1.54) is 14.0 Å². The van der Waals surface area contributed by atoms with Crippen LogP contribution in [0, 0.1) is 11.8 Å². The van der Waals surface area contributed by atoms with Gasteiger partial charge in [-0.15, -0.1) is 0 Å². The number of Topliss-reactive ketones (excluding diaryl/α,β-unsaturated/α-hetero) is 1. The van der Waals surface area contributed by atoms with Crippen LogP contribution in [0.4, 0.5) is 0 Å². The number of hydrogen-bond acceptors (Lipinski definition) is 5. The van der Waals surface area contributed by atoms with Crippen LogP contribution in [-0.4, -0.2) is 42.8 Å². The van der Waals surface area contributed by atoms with Crippen molar-refractivity contribution in [1.29, 1.82) is 0 Å². The standard InChI is InChI=1S/C16H26N2O5/c1-9(2)13(17-10(3)19)15(21)18-14(16(22)23-4)11-6-5-7-12(20)8-11/h9,11,13-14H,5-8H2,1-4H3,(H,17,19)(H,18,21)/t11-,13-,14-/m1/s1. The zero-order valence-corrected chi connectivity index (χ0v) is 14.2. The van der Waals surface area contributed by atoms with E-state index in [1.54, 1.807) is 13.8 Å². The Morgan fingerprint density at radius 1 is 1.22 bits per heavy atom. The molecule has 1 fully saturated rings. The van der Waals surface area contributed by atoms with Crippen molar-refractivity contribution in [2.24, 2.45) is 11.8 Å². The fraction of sp³-hybridized carbons (Fsp3) is 0.750. The van der Waals surface area contributed by atoms with Crippen LogP contribution < -0.4 is 10.6 Å². The van der Waals surface area contributed by atoms with E-state index in [4.69, 9.17) is 4.74 Å². The average Bonchev–Trinajstić information content (AvgIpc) is 2.48. The van der Waals surface area contributed by atoms with Crippen LogP contribution >= 0.6 is 0 Å². The van der Waals surface area contributed by atoms with E-state index < -0.39 is 24.0 Å². The summed E-state index contributed by atoms with van der Waals surface area (Å²) in [6.07, 6.45) is 2.15. The summed E-state index contributed by atoms with van der Waals surface area (Å²) in [5.41, 5.74) is 0. The van der Waals surface area contributed by atoms with Crippen molar-refractivity contribution >= 4 is 23.6 Å². The predicted octanol–water partition coefficient (Wildman–Crippen LogP) is 0.564. The van der Waals surface area contributed by atoms with Crippen LogP contribution in [0.1, 0.15) is 46.5 Å². The predicted molar refractivity (Wildman–Crippen MR) is 83.4 cm³/mol. The number of carbonyl (C=O) groups excluding carboxylic acids is 4. The van der Waals surface area contributed by atoms with Gasteiger partial charge in [0.2, 0.25) is 11.8 Å². The highest BCUT2D eigenvalue weighted by Crippen LogP contribution is 2.25. The highest BCUT2D eigenvalue weighted by molar-refractivity contribution is 5.91. The molecule has 0 saturated heterocycles. The summed E-state index contributed by atoms with van der Waals surface area (Å²) in [7, 11) is 1.25. The molecule has 2 amide bonds. The largest absolute Gasteiger partial charge is 0.467 e. The highest BCUT2D eigenvalue weighted by atomic mass is 16.5. The lowest BCUT2D eigenvalue weighted by Gasteiger charge is -2.30. The quantitative estimate of drug-likeness (QED) is 0.695. The summed E-state index contributed by atoms with van der Waals surface area (Å²) in [6.45, 7) is 4.94. The molecule has 0 unspecified atom stereocenters. The van der Waals surface area contributed by atoms with Gasteiger partial charge < -0.3 is 15.4 Å². The third-order valence-electron chi connectivity index (χ3n) is 4.05. The molecular formula is C16H26N2O5. The third-order valence-corrected chi connectivity index (χ3v) is 4.05. The van der Waals surface area contributed by atoms with E-state index in [9.17, 15) is 19.2 Å². The van der Waals surface area contributed by atoms with Gasteiger partial charge in [-0.05, 0) is 24.7 Å². The Labute approximate surface area is 136 Å². The number of hydrogen-bond donors (Lipinski definition) is 2. The minimum absolute atomic E-state index is 0.0895. The van der Waals surface area contributed by atoms with Crippen molar-refractivity contribution in [2.75, 3.05) is 7.11 Å². The molecule has 1 rings (SSSR count). The Kier molecular flexibility index (Phi) is 7.19. The summed E-state index contributed by atoms with van der Waals surface area (Å²) in [5, 5.41) is 5.25. The number of carbonyl (C=O) groups is 4. The highest BCUT2D eigenvalue weighted by Gasteiger charge is 2.36. The van der Waals surface area contributed by atoms with Crippen molar-refractivity contribution in [3.63, 3.8) is 0 Å². The SMILES string of the molecule is COC(=O)[C@H](NC(=O)[C@H](NC(C)=O)C(C)C)[C@@H]1CCCC(=O)C1. The maximum Gasteiger partial charge on any atom is 0.328 e. The van der Waals surface area contributed by atoms with Crippen molar-refractivity contribution < 1.29 is 23.9 Å². The van der Waals surface area contributed by atoms with Gasteiger partial charge in [-0.25, -0.2) is 4.79 Å². The molecule has 0 spiro atoms. The molecule has 3 atom stereocenters. The molecule has 7 heteroatoms. The summed E-state index contributed by atoms with van der Waals surface area (Å²) in [4.78, 5) is 47.4. The summed E-state index contributed by atoms with van der Waals surface area (Å²) >= 11 is 0. The second kappa shape index (κ2) is 8.64. The smallest absolute Gasteiger partial charge is 0.328 e. The van der Waals surface area contributed by atoms with E-state index in [1.807, 2.05) is 0 Å². The first-order valence-corrected chi connectivity index (χ1v) is 7.93. The lowest BCUT2D eigenvalue weighted by Crippen LogP contribution is -2.55. The van der Waals surface area contributed by atoms with Crippen molar-refractivity contribution in [2.45, 2.75) is 58.5 Å². The number of ether oxygens (including phenoxy) is 1. The Morgan fingerprint density at radius 2 is 1.87 bits per heavy atom. The monoisotopic (exact) mass is 326 g/mol. The van der Waals surface area contributed by atoms with Crippen LogP contribution in [0.3, 0.4) is 0 Å². The fourth-order valence-corrected chi connectivity index (χ4v) is 2.84. The van der Waals surface area contributed by atoms with Gasteiger partial charge in [0.1, 0.15) is 17.9 Å². The maximum absolute atomic E-state index is 12.5. The topological polar surface area (TPSA) is 102 Å². The van der Waals surface area contributed by atoms with E-state index in [-0.39, 0.29) is 29.9 Å². The Bertz CT molecular complexity index is 475. The Balaban J connectivity index is 2.86. The Hall–Kier alpha value is -1.92. The minimum Gasteiger partial charge on any atom is -0.467 e. The van der Waals surface area contributed by atoms with Gasteiger partial charge >= 0.3 is 5.97 Å². The number of esters is 1. The normalized spacial score (nSPS) is 20.6. The van der Waals surface area contributed by atoms with Gasteiger partial charge in [0.15, 0.2) is 0 Å². The molecule has 0 radical (unpaired) electrons. The van der Waals surface area contributed by atoms with Gasteiger partial charge in [0, 0.05) is 19.8 Å². The van der Waals surface area contributed by atoms with E-state index in [2.05, 4.69) is 10.6 Å². The third kappa shape index (κ3) is 5.65. The van der Waals surface area contributed by atoms with Crippen LogP contribution in [0.2, 0.25) is 0 Å². The number of nitrogens with one attached hydrogen (secondary N) is 2. The molecule has 7 nitrogen and oxygen atoms in total. The minimum atomic E-state index is -0.869. The second-order valence-electron chi connectivity index (χ2n) is 6.33. The van der Waals surface area contributed by atoms with E-state index in [0.717, 1.165) is 0 Å². The lowest BCUT2D eigenvalue weighted by molar-refractivity contribution is -0.148. The number of rotatable bonds is 6. The molecule has 1 aliphatic carbocycles. The van der Waals surface area contributed by atoms with E-state index >= 15 is 0 Å². The maximum atomic E-state index is 12.5. The molecule has 0 aliphatic heterocycles. The first kappa shape index (κ1) is 19.1. The molecule has 0 bridgehead atoms. The van der Waals surface area contributed by atoms with Gasteiger partial charge in [-0.2, -0.15) is 0 Å². The molecule has 0 aromatic rings. The van der Waals surface area contributed by atoms with Crippen LogP contribution in [0.5, 0.6) is 0 Å². The molecule has 0 aromatic carbocycles. The van der Waals surface area contributed by atoms with Crippen LogP contribution in [0.15, 0.2) is 0 Å².